The normalized spacial score (nSPS) is 11.2. The first kappa shape index (κ1) is 20.4. The van der Waals surface area contributed by atoms with Gasteiger partial charge in [0.1, 0.15) is 23.1 Å². The van der Waals surface area contributed by atoms with Gasteiger partial charge in [-0.1, -0.05) is 23.2 Å². The summed E-state index contributed by atoms with van der Waals surface area (Å²) in [5, 5.41) is -0.0873. The quantitative estimate of drug-likeness (QED) is 0.416. The topological polar surface area (TPSA) is 31.4 Å². The minimum absolute atomic E-state index is 0.181. The second-order valence-electron chi connectivity index (χ2n) is 4.51. The number of ether oxygens (including phenoxy) is 2. The van der Waals surface area contributed by atoms with Gasteiger partial charge < -0.3 is 9.47 Å². The molecule has 2 rings (SSSR count). The molecule has 0 radical (unpaired) electrons. The summed E-state index contributed by atoms with van der Waals surface area (Å²) in [5.74, 6) is 0.484. The van der Waals surface area contributed by atoms with E-state index in [1.807, 2.05) is 0 Å². The summed E-state index contributed by atoms with van der Waals surface area (Å²) in [6.45, 7) is 0.300. The van der Waals surface area contributed by atoms with Gasteiger partial charge in [-0.2, -0.15) is 13.2 Å². The van der Waals surface area contributed by atoms with E-state index in [0.717, 1.165) is 9.46 Å². The molecule has 1 heterocycles. The highest BCUT2D eigenvalue weighted by Gasteiger charge is 2.31. The molecule has 0 saturated heterocycles. The summed E-state index contributed by atoms with van der Waals surface area (Å²) in [4.78, 5) is 3.59. The van der Waals surface area contributed by atoms with Gasteiger partial charge >= 0.3 is 6.18 Å². The predicted molar refractivity (Wildman–Crippen MR) is 97.2 cm³/mol. The lowest BCUT2D eigenvalue weighted by Gasteiger charge is -2.12. The molecule has 2 aromatic rings. The third-order valence-electron chi connectivity index (χ3n) is 2.73. The molecule has 0 aliphatic heterocycles. The third kappa shape index (κ3) is 6.06. The van der Waals surface area contributed by atoms with Crippen LogP contribution in [0.1, 0.15) is 5.56 Å². The molecule has 1 aromatic heterocycles. The first-order valence-electron chi connectivity index (χ1n) is 6.51. The zero-order valence-electron chi connectivity index (χ0n) is 12.1. The van der Waals surface area contributed by atoms with E-state index in [1.165, 1.54) is 12.1 Å². The molecule has 0 N–H and O–H groups in total. The van der Waals surface area contributed by atoms with Gasteiger partial charge in [0.2, 0.25) is 5.88 Å². The SMILES string of the molecule is FC(F)(F)c1cnc(Oc2ccc(OCC=C(Br)Br)cc2Cl)c(Cl)c1. The van der Waals surface area contributed by atoms with Crippen LogP contribution in [0.15, 0.2) is 39.9 Å². The van der Waals surface area contributed by atoms with E-state index < -0.39 is 11.7 Å². The van der Waals surface area contributed by atoms with Gasteiger partial charge in [-0.15, -0.1) is 0 Å². The molecule has 134 valence electrons. The number of aromatic nitrogens is 1. The Morgan fingerprint density at radius 3 is 2.44 bits per heavy atom. The average Bonchev–Trinajstić information content (AvgIpc) is 2.50. The van der Waals surface area contributed by atoms with E-state index in [0.29, 0.717) is 18.6 Å². The van der Waals surface area contributed by atoms with E-state index >= 15 is 0 Å². The molecule has 0 atom stereocenters. The molecule has 0 unspecified atom stereocenters. The fourth-order valence-corrected chi connectivity index (χ4v) is 2.29. The standard InChI is InChI=1S/C15H8Br2Cl2F3NO2/c16-13(17)3-4-24-9-1-2-12(10(18)6-9)25-14-11(19)5-8(7-23-14)15(20,21)22/h1-3,5-7H,4H2. The summed E-state index contributed by atoms with van der Waals surface area (Å²) in [5.41, 5.74) is -0.967. The summed E-state index contributed by atoms with van der Waals surface area (Å²) in [6, 6.07) is 5.33. The molecule has 1 aromatic carbocycles. The van der Waals surface area contributed by atoms with Crippen LogP contribution in [0.2, 0.25) is 10.0 Å². The Hall–Kier alpha value is -0.960. The third-order valence-corrected chi connectivity index (χ3v) is 3.95. The van der Waals surface area contributed by atoms with Crippen LogP contribution >= 0.6 is 55.1 Å². The minimum Gasteiger partial charge on any atom is -0.489 e. The minimum atomic E-state index is -4.54. The Labute approximate surface area is 168 Å². The fraction of sp³-hybridized carbons (Fsp3) is 0.133. The van der Waals surface area contributed by atoms with Gasteiger partial charge in [-0.05, 0) is 56.1 Å². The Kier molecular flexibility index (Phi) is 7.01. The number of hydrogen-bond acceptors (Lipinski definition) is 3. The predicted octanol–water partition coefficient (Wildman–Crippen LogP) is 7.21. The molecule has 10 heteroatoms. The summed E-state index contributed by atoms with van der Waals surface area (Å²) >= 11 is 18.3. The van der Waals surface area contributed by atoms with Crippen LogP contribution in [0.5, 0.6) is 17.4 Å². The maximum absolute atomic E-state index is 12.6. The molecule has 0 saturated carbocycles. The monoisotopic (exact) mass is 519 g/mol. The van der Waals surface area contributed by atoms with Crippen molar-refractivity contribution in [3.8, 4) is 17.4 Å². The lowest BCUT2D eigenvalue weighted by molar-refractivity contribution is -0.137. The van der Waals surface area contributed by atoms with Gasteiger partial charge in [-0.3, -0.25) is 0 Å². The highest BCUT2D eigenvalue weighted by Crippen LogP contribution is 2.37. The van der Waals surface area contributed by atoms with Crippen molar-refractivity contribution in [2.75, 3.05) is 6.61 Å². The van der Waals surface area contributed by atoms with Crippen molar-refractivity contribution in [1.29, 1.82) is 0 Å². The summed E-state index contributed by atoms with van der Waals surface area (Å²) in [7, 11) is 0. The largest absolute Gasteiger partial charge is 0.489 e. The van der Waals surface area contributed by atoms with E-state index in [9.17, 15) is 13.2 Å². The number of rotatable bonds is 5. The van der Waals surface area contributed by atoms with Crippen molar-refractivity contribution in [1.82, 2.24) is 4.98 Å². The number of benzene rings is 1. The van der Waals surface area contributed by atoms with Crippen molar-refractivity contribution in [2.45, 2.75) is 6.18 Å². The zero-order chi connectivity index (χ0) is 18.6. The molecule has 0 aliphatic rings. The molecular weight excluding hydrogens is 514 g/mol. The number of hydrogen-bond donors (Lipinski definition) is 0. The van der Waals surface area contributed by atoms with Gasteiger partial charge in [0.15, 0.2) is 0 Å². The zero-order valence-corrected chi connectivity index (χ0v) is 16.8. The number of pyridine rings is 1. The Morgan fingerprint density at radius 1 is 1.16 bits per heavy atom. The van der Waals surface area contributed by atoms with Gasteiger partial charge in [0, 0.05) is 12.3 Å². The molecule has 0 aliphatic carbocycles. The van der Waals surface area contributed by atoms with Crippen LogP contribution in [0.4, 0.5) is 13.2 Å². The van der Waals surface area contributed by atoms with Gasteiger partial charge in [-0.25, -0.2) is 4.98 Å². The fourth-order valence-electron chi connectivity index (χ4n) is 1.61. The summed E-state index contributed by atoms with van der Waals surface area (Å²) in [6.07, 6.45) is -2.16. The Bertz CT molecular complexity index is 797. The summed E-state index contributed by atoms with van der Waals surface area (Å²) < 4.78 is 49.4. The molecule has 3 nitrogen and oxygen atoms in total. The Morgan fingerprint density at radius 2 is 1.88 bits per heavy atom. The van der Waals surface area contributed by atoms with Crippen LogP contribution in [0, 0.1) is 0 Å². The van der Waals surface area contributed by atoms with Crippen LogP contribution in [0.3, 0.4) is 0 Å². The lowest BCUT2D eigenvalue weighted by atomic mass is 10.3. The van der Waals surface area contributed by atoms with Crippen molar-refractivity contribution in [3.05, 3.63) is 55.5 Å². The average molecular weight is 522 g/mol. The van der Waals surface area contributed by atoms with Gasteiger partial charge in [0.25, 0.3) is 0 Å². The second-order valence-corrected chi connectivity index (χ2v) is 8.10. The maximum atomic E-state index is 12.6. The molecule has 25 heavy (non-hydrogen) atoms. The molecule has 0 spiro atoms. The van der Waals surface area contributed by atoms with E-state index in [1.54, 1.807) is 12.1 Å². The van der Waals surface area contributed by atoms with Crippen molar-refractivity contribution < 1.29 is 22.6 Å². The van der Waals surface area contributed by atoms with Crippen LogP contribution in [0.25, 0.3) is 0 Å². The Balaban J connectivity index is 2.14. The van der Waals surface area contributed by atoms with Crippen molar-refractivity contribution in [2.24, 2.45) is 0 Å². The van der Waals surface area contributed by atoms with Crippen LogP contribution in [-0.2, 0) is 6.18 Å². The second kappa shape index (κ2) is 8.62. The van der Waals surface area contributed by atoms with E-state index in [2.05, 4.69) is 36.8 Å². The number of nitrogens with zero attached hydrogens (tertiary/aromatic N) is 1. The molecule has 0 fully saturated rings. The van der Waals surface area contributed by atoms with E-state index in [4.69, 9.17) is 32.7 Å². The highest BCUT2D eigenvalue weighted by molar-refractivity contribution is 9.28. The lowest BCUT2D eigenvalue weighted by Crippen LogP contribution is -2.05. The molecule has 0 bridgehead atoms. The number of halogens is 7. The van der Waals surface area contributed by atoms with Crippen LogP contribution in [-0.4, -0.2) is 11.6 Å². The van der Waals surface area contributed by atoms with E-state index in [-0.39, 0.29) is 21.7 Å². The van der Waals surface area contributed by atoms with Gasteiger partial charge in [0.05, 0.1) is 14.0 Å². The molecular formula is C15H8Br2Cl2F3NO2. The molecule has 0 amide bonds. The first-order valence-corrected chi connectivity index (χ1v) is 8.85. The first-order chi connectivity index (χ1) is 11.7. The smallest absolute Gasteiger partial charge is 0.417 e. The van der Waals surface area contributed by atoms with Crippen LogP contribution < -0.4 is 9.47 Å². The van der Waals surface area contributed by atoms with Crippen molar-refractivity contribution in [3.63, 3.8) is 0 Å². The highest BCUT2D eigenvalue weighted by atomic mass is 79.9. The number of alkyl halides is 3. The maximum Gasteiger partial charge on any atom is 0.417 e. The van der Waals surface area contributed by atoms with Crippen molar-refractivity contribution >= 4 is 55.1 Å².